The molecular formula is C15H18BrN3O2. The minimum absolute atomic E-state index is 0.0128. The number of ether oxygens (including phenoxy) is 2. The molecule has 0 saturated carbocycles. The van der Waals surface area contributed by atoms with Crippen LogP contribution in [-0.4, -0.2) is 23.0 Å². The second kappa shape index (κ2) is 4.94. The molecule has 112 valence electrons. The fourth-order valence-corrected chi connectivity index (χ4v) is 2.68. The second-order valence-corrected chi connectivity index (χ2v) is 6.95. The number of aromatic nitrogens is 2. The van der Waals surface area contributed by atoms with Crippen molar-refractivity contribution in [1.29, 1.82) is 0 Å². The van der Waals surface area contributed by atoms with Gasteiger partial charge in [0.05, 0.1) is 18.9 Å². The summed E-state index contributed by atoms with van der Waals surface area (Å²) >= 11 is 3.57. The van der Waals surface area contributed by atoms with Crippen LogP contribution in [0.5, 0.6) is 11.5 Å². The van der Waals surface area contributed by atoms with E-state index in [0.717, 1.165) is 27.2 Å². The average Bonchev–Trinajstić information content (AvgIpc) is 2.66. The van der Waals surface area contributed by atoms with Crippen molar-refractivity contribution in [3.63, 3.8) is 0 Å². The van der Waals surface area contributed by atoms with Crippen molar-refractivity contribution in [2.45, 2.75) is 13.8 Å². The Morgan fingerprint density at radius 1 is 1.19 bits per heavy atom. The monoisotopic (exact) mass is 351 g/mol. The molecule has 0 amide bonds. The van der Waals surface area contributed by atoms with Gasteiger partial charge in [0.25, 0.3) is 0 Å². The quantitative estimate of drug-likeness (QED) is 0.856. The lowest BCUT2D eigenvalue weighted by Crippen LogP contribution is -2.26. The number of rotatable bonds is 1. The van der Waals surface area contributed by atoms with E-state index in [0.29, 0.717) is 19.0 Å². The van der Waals surface area contributed by atoms with Crippen molar-refractivity contribution < 1.29 is 9.47 Å². The molecule has 0 saturated heterocycles. The molecule has 1 aliphatic rings. The van der Waals surface area contributed by atoms with E-state index in [-0.39, 0.29) is 5.41 Å². The predicted octanol–water partition coefficient (Wildman–Crippen LogP) is 3.23. The molecule has 0 radical (unpaired) electrons. The Balaban J connectivity index is 2.04. The van der Waals surface area contributed by atoms with Gasteiger partial charge in [-0.15, -0.1) is 0 Å². The number of halogens is 1. The van der Waals surface area contributed by atoms with Crippen LogP contribution in [0, 0.1) is 5.41 Å². The van der Waals surface area contributed by atoms with Gasteiger partial charge in [-0.25, -0.2) is 0 Å². The van der Waals surface area contributed by atoms with Gasteiger partial charge in [0.2, 0.25) is 0 Å². The summed E-state index contributed by atoms with van der Waals surface area (Å²) in [5.74, 6) is 2.10. The molecule has 1 aliphatic heterocycles. The summed E-state index contributed by atoms with van der Waals surface area (Å²) in [4.78, 5) is 0. The van der Waals surface area contributed by atoms with E-state index in [2.05, 4.69) is 34.9 Å². The van der Waals surface area contributed by atoms with Gasteiger partial charge in [0, 0.05) is 28.6 Å². The number of nitrogens with zero attached hydrogens (tertiary/aromatic N) is 2. The summed E-state index contributed by atoms with van der Waals surface area (Å²) in [6, 6.07) is 5.72. The minimum Gasteiger partial charge on any atom is -0.489 e. The van der Waals surface area contributed by atoms with Crippen LogP contribution in [0.4, 0.5) is 5.82 Å². The average molecular weight is 352 g/mol. The number of nitrogens with two attached hydrogens (primary N) is 1. The van der Waals surface area contributed by atoms with Crippen molar-refractivity contribution in [3.8, 4) is 22.8 Å². The van der Waals surface area contributed by atoms with Gasteiger partial charge in [-0.2, -0.15) is 5.10 Å². The number of aryl methyl sites for hydroxylation is 1. The number of fused-ring (bicyclic) bond motifs is 1. The van der Waals surface area contributed by atoms with Gasteiger partial charge in [-0.3, -0.25) is 4.68 Å². The van der Waals surface area contributed by atoms with Crippen molar-refractivity contribution in [2.24, 2.45) is 12.5 Å². The van der Waals surface area contributed by atoms with E-state index in [4.69, 9.17) is 15.2 Å². The van der Waals surface area contributed by atoms with Crippen LogP contribution in [0.3, 0.4) is 0 Å². The number of nitrogen functional groups attached to an aromatic ring is 1. The highest BCUT2D eigenvalue weighted by Gasteiger charge is 2.26. The molecule has 3 rings (SSSR count). The fourth-order valence-electron chi connectivity index (χ4n) is 2.16. The van der Waals surface area contributed by atoms with Crippen LogP contribution in [0.1, 0.15) is 13.8 Å². The van der Waals surface area contributed by atoms with E-state index in [1.807, 2.05) is 25.2 Å². The van der Waals surface area contributed by atoms with Gasteiger partial charge in [-0.1, -0.05) is 13.8 Å². The zero-order valence-corrected chi connectivity index (χ0v) is 13.9. The Labute approximate surface area is 132 Å². The summed E-state index contributed by atoms with van der Waals surface area (Å²) in [7, 11) is 1.82. The zero-order chi connectivity index (χ0) is 15.2. The maximum absolute atomic E-state index is 5.91. The topological polar surface area (TPSA) is 62.3 Å². The third kappa shape index (κ3) is 2.72. The summed E-state index contributed by atoms with van der Waals surface area (Å²) in [6.07, 6.45) is 0. The minimum atomic E-state index is -0.0128. The molecular weight excluding hydrogens is 334 g/mol. The molecule has 0 spiro atoms. The Bertz CT molecular complexity index is 675. The van der Waals surface area contributed by atoms with E-state index >= 15 is 0 Å². The molecule has 21 heavy (non-hydrogen) atoms. The largest absolute Gasteiger partial charge is 0.489 e. The Morgan fingerprint density at radius 3 is 2.38 bits per heavy atom. The van der Waals surface area contributed by atoms with Crippen molar-refractivity contribution >= 4 is 21.7 Å². The molecule has 0 unspecified atom stereocenters. The molecule has 1 aromatic heterocycles. The Kier molecular flexibility index (Phi) is 3.36. The highest BCUT2D eigenvalue weighted by atomic mass is 79.9. The molecule has 0 atom stereocenters. The first-order valence-electron chi connectivity index (χ1n) is 6.75. The molecule has 1 aromatic carbocycles. The molecule has 0 fully saturated rings. The van der Waals surface area contributed by atoms with Crippen LogP contribution in [-0.2, 0) is 7.05 Å². The van der Waals surface area contributed by atoms with E-state index in [9.17, 15) is 0 Å². The summed E-state index contributed by atoms with van der Waals surface area (Å²) in [5, 5.41) is 4.41. The Morgan fingerprint density at radius 2 is 1.81 bits per heavy atom. The Hall–Kier alpha value is -1.69. The second-order valence-electron chi connectivity index (χ2n) is 6.10. The van der Waals surface area contributed by atoms with Gasteiger partial charge in [-0.05, 0) is 28.1 Å². The number of anilines is 1. The molecule has 2 heterocycles. The highest BCUT2D eigenvalue weighted by molar-refractivity contribution is 9.10. The molecule has 5 nitrogen and oxygen atoms in total. The summed E-state index contributed by atoms with van der Waals surface area (Å²) in [5.41, 5.74) is 7.58. The van der Waals surface area contributed by atoms with Crippen LogP contribution < -0.4 is 15.2 Å². The number of hydrogen-bond acceptors (Lipinski definition) is 4. The van der Waals surface area contributed by atoms with Crippen LogP contribution in [0.15, 0.2) is 22.7 Å². The number of benzene rings is 1. The smallest absolute Gasteiger partial charge is 0.162 e. The first kappa shape index (κ1) is 14.3. The van der Waals surface area contributed by atoms with Crippen LogP contribution in [0.2, 0.25) is 0 Å². The van der Waals surface area contributed by atoms with Crippen molar-refractivity contribution in [1.82, 2.24) is 9.78 Å². The number of hydrogen-bond donors (Lipinski definition) is 1. The SMILES string of the molecule is Cn1nc(-c2cc3c(cc2Br)OCC(C)(C)CO3)cc1N. The lowest BCUT2D eigenvalue weighted by molar-refractivity contribution is 0.140. The standard InChI is InChI=1S/C15H18BrN3O2/c1-15(2)7-20-12-4-9(10(16)5-13(12)21-8-15)11-6-14(17)19(3)18-11/h4-6H,7-8,17H2,1-3H3. The third-order valence-electron chi connectivity index (χ3n) is 3.46. The molecule has 0 bridgehead atoms. The highest BCUT2D eigenvalue weighted by Crippen LogP contribution is 2.41. The molecule has 6 heteroatoms. The van der Waals surface area contributed by atoms with Crippen molar-refractivity contribution in [3.05, 3.63) is 22.7 Å². The van der Waals surface area contributed by atoms with Crippen molar-refractivity contribution in [2.75, 3.05) is 18.9 Å². The zero-order valence-electron chi connectivity index (χ0n) is 12.3. The lowest BCUT2D eigenvalue weighted by Gasteiger charge is -2.19. The first-order chi connectivity index (χ1) is 9.85. The predicted molar refractivity (Wildman–Crippen MR) is 85.5 cm³/mol. The van der Waals surface area contributed by atoms with E-state index in [1.54, 1.807) is 4.68 Å². The molecule has 2 N–H and O–H groups in total. The normalized spacial score (nSPS) is 16.6. The molecule has 0 aliphatic carbocycles. The van der Waals surface area contributed by atoms with Crippen LogP contribution in [0.25, 0.3) is 11.3 Å². The van der Waals surface area contributed by atoms with E-state index < -0.39 is 0 Å². The maximum Gasteiger partial charge on any atom is 0.162 e. The summed E-state index contributed by atoms with van der Waals surface area (Å²) in [6.45, 7) is 5.48. The molecule has 2 aromatic rings. The van der Waals surface area contributed by atoms with Gasteiger partial charge < -0.3 is 15.2 Å². The maximum atomic E-state index is 5.91. The van der Waals surface area contributed by atoms with E-state index in [1.165, 1.54) is 0 Å². The van der Waals surface area contributed by atoms with Gasteiger partial charge >= 0.3 is 0 Å². The lowest BCUT2D eigenvalue weighted by atomic mass is 9.97. The fraction of sp³-hybridized carbons (Fsp3) is 0.400. The van der Waals surface area contributed by atoms with Crippen LogP contribution >= 0.6 is 15.9 Å². The summed E-state index contributed by atoms with van der Waals surface area (Å²) < 4.78 is 14.3. The third-order valence-corrected chi connectivity index (χ3v) is 4.12. The van der Waals surface area contributed by atoms with Gasteiger partial charge in [0.1, 0.15) is 5.82 Å². The first-order valence-corrected chi connectivity index (χ1v) is 7.54. The van der Waals surface area contributed by atoms with Gasteiger partial charge in [0.15, 0.2) is 11.5 Å².